The first-order chi connectivity index (χ1) is 71.6. The van der Waals surface area contributed by atoms with Crippen LogP contribution in [0.3, 0.4) is 0 Å². The second-order valence-corrected chi connectivity index (χ2v) is 35.6. The van der Waals surface area contributed by atoms with E-state index >= 15 is 0 Å². The van der Waals surface area contributed by atoms with Gasteiger partial charge in [-0.3, -0.25) is 43.2 Å². The second-order valence-electron chi connectivity index (χ2n) is 35.6. The van der Waals surface area contributed by atoms with Crippen LogP contribution in [0.5, 0.6) is 0 Å². The van der Waals surface area contributed by atoms with Crippen LogP contribution in [0.1, 0.15) is 93.8 Å². The van der Waals surface area contributed by atoms with Gasteiger partial charge in [0.1, 0.15) is 19.6 Å². The van der Waals surface area contributed by atoms with Crippen molar-refractivity contribution in [2.45, 2.75) is 73.0 Å². The largest absolute Gasteiger partial charge is 0.480 e. The number of benzene rings is 14. The maximum Gasteiger partial charge on any atom is 0.323 e. The number of hydrogen-bond acceptors (Lipinski definition) is 20. The number of amides is 6. The summed E-state index contributed by atoms with van der Waals surface area (Å²) in [6, 6.07) is 105. The normalized spacial score (nSPS) is 10.8. The first kappa shape index (κ1) is 102. The highest BCUT2D eigenvalue weighted by Crippen LogP contribution is 2.33. The molecule has 30 heteroatoms. The first-order valence-corrected chi connectivity index (χ1v) is 47.5. The van der Waals surface area contributed by atoms with Gasteiger partial charge in [-0.15, -0.1) is 0 Å². The molecule has 18 aromatic rings. The molecule has 6 amide bonds. The van der Waals surface area contributed by atoms with Crippen molar-refractivity contribution in [1.82, 2.24) is 55.1 Å². The summed E-state index contributed by atoms with van der Waals surface area (Å²) in [5, 5.41) is 49.5. The van der Waals surface area contributed by atoms with Crippen LogP contribution in [0.25, 0.3) is 102 Å². The average molecular weight is 1970 g/mol. The van der Waals surface area contributed by atoms with Crippen LogP contribution in [0.2, 0.25) is 0 Å². The maximum atomic E-state index is 13.4. The van der Waals surface area contributed by atoms with E-state index in [-0.39, 0.29) is 56.6 Å². The number of H-pyrrole nitrogens is 1. The van der Waals surface area contributed by atoms with Crippen molar-refractivity contribution >= 4 is 76.1 Å². The SMILES string of the molecule is CCc1cccc(CC(=O)Nc2ccc(C(=O)N(CC(=O)O)Cc3ccc(-c4noc(-c5ccc(-c6ccc(C)cc6)cc5)n4)cc3)cc2)c1.Cc1ccc(-c2ccc(-c3nc(-c4ccc(CN(CC(=O)O)C(=O)c5ccc(NC(=O)Cc6ccc(N(C)C)cc6)cc5)cc4)no3)cc2)cc1.Cc1ccc(-c2ccc(-c3nc(-c4ccc(CN(CC(=O)O)C(=O)c5ccc(NC(=O)Cc6cnc[nH]6)cc5)cc4)no3)cc2)cc1. The Morgan fingerprint density at radius 3 is 0.878 bits per heavy atom. The van der Waals surface area contributed by atoms with Crippen molar-refractivity contribution in [3.63, 3.8) is 0 Å². The number of carboxylic acids is 3. The second kappa shape index (κ2) is 48.0. The van der Waals surface area contributed by atoms with Gasteiger partial charge < -0.3 is 69.4 Å². The van der Waals surface area contributed by atoms with Crippen LogP contribution in [0.4, 0.5) is 22.7 Å². The van der Waals surface area contributed by atoms with Crippen molar-refractivity contribution in [3.8, 4) is 102 Å². The number of imidazole rings is 1. The highest BCUT2D eigenvalue weighted by Gasteiger charge is 2.26. The molecule has 7 N–H and O–H groups in total. The molecule has 0 aliphatic heterocycles. The number of nitrogens with one attached hydrogen (secondary N) is 4. The molecule has 0 radical (unpaired) electrons. The predicted molar refractivity (Wildman–Crippen MR) is 565 cm³/mol. The molecule has 0 saturated heterocycles. The lowest BCUT2D eigenvalue weighted by Crippen LogP contribution is -2.35. The molecule has 0 fully saturated rings. The van der Waals surface area contributed by atoms with Crippen LogP contribution in [-0.4, -0.2) is 157 Å². The summed E-state index contributed by atoms with van der Waals surface area (Å²) in [6.07, 6.45) is 4.52. The summed E-state index contributed by atoms with van der Waals surface area (Å²) >= 11 is 0. The lowest BCUT2D eigenvalue weighted by atomic mass is 10.0. The Hall–Kier alpha value is -19.3. The van der Waals surface area contributed by atoms with Crippen LogP contribution in [0, 0.1) is 20.8 Å². The molecule has 0 aliphatic rings. The number of carbonyl (C=O) groups is 9. The molecule has 30 nitrogen and oxygen atoms in total. The van der Waals surface area contributed by atoms with E-state index in [1.165, 1.54) is 37.7 Å². The van der Waals surface area contributed by atoms with Crippen molar-refractivity contribution in [3.05, 3.63) is 425 Å². The average Bonchev–Trinajstić information content (AvgIpc) is 1.41. The Labute approximate surface area is 852 Å². The van der Waals surface area contributed by atoms with Crippen molar-refractivity contribution in [1.29, 1.82) is 0 Å². The number of carboxylic acid groups (broad SMARTS) is 3. The van der Waals surface area contributed by atoms with Gasteiger partial charge in [0.05, 0.1) is 25.6 Å². The van der Waals surface area contributed by atoms with Gasteiger partial charge in [-0.1, -0.05) is 257 Å². The minimum Gasteiger partial charge on any atom is -0.480 e. The van der Waals surface area contributed by atoms with Gasteiger partial charge in [-0.25, -0.2) is 4.98 Å². The number of aryl methyl sites for hydroxylation is 4. The molecule has 740 valence electrons. The zero-order chi connectivity index (χ0) is 104. The molecule has 0 atom stereocenters. The number of aromatic amines is 1. The number of aromatic nitrogens is 8. The third kappa shape index (κ3) is 27.7. The van der Waals surface area contributed by atoms with Gasteiger partial charge in [0, 0.05) is 118 Å². The monoisotopic (exact) mass is 1970 g/mol. The number of aliphatic carboxylic acids is 3. The summed E-state index contributed by atoms with van der Waals surface area (Å²) in [5.74, 6) is -2.93. The minimum absolute atomic E-state index is 0.0684. The van der Waals surface area contributed by atoms with Crippen molar-refractivity contribution < 1.29 is 72.0 Å². The number of hydrogen-bond donors (Lipinski definition) is 7. The van der Waals surface area contributed by atoms with Gasteiger partial charge in [-0.2, -0.15) is 15.0 Å². The molecule has 4 aromatic heterocycles. The van der Waals surface area contributed by atoms with Gasteiger partial charge in [0.25, 0.3) is 35.4 Å². The molecular weight excluding hydrogens is 1870 g/mol. The lowest BCUT2D eigenvalue weighted by Gasteiger charge is -2.21. The zero-order valence-electron chi connectivity index (χ0n) is 81.7. The third-order valence-electron chi connectivity index (χ3n) is 24.2. The van der Waals surface area contributed by atoms with E-state index in [0.29, 0.717) is 91.3 Å². The van der Waals surface area contributed by atoms with Crippen LogP contribution < -0.4 is 20.9 Å². The Bertz CT molecular complexity index is 7660. The molecular formula is C118H103N15O15. The van der Waals surface area contributed by atoms with Gasteiger partial charge in [-0.05, 0) is 215 Å². The highest BCUT2D eigenvalue weighted by atomic mass is 16.5. The maximum absolute atomic E-state index is 13.4. The topological polar surface area (TPSA) is 409 Å². The molecule has 4 heterocycles. The number of carbonyl (C=O) groups excluding carboxylic acids is 6. The highest BCUT2D eigenvalue weighted by molar-refractivity contribution is 6.00. The summed E-state index contributed by atoms with van der Waals surface area (Å²) in [7, 11) is 3.91. The molecule has 0 unspecified atom stereocenters. The van der Waals surface area contributed by atoms with Crippen LogP contribution in [-0.2, 0) is 74.1 Å². The Balaban J connectivity index is 0.000000159. The number of nitrogens with zero attached hydrogens (tertiary/aromatic N) is 11. The summed E-state index contributed by atoms with van der Waals surface area (Å²) in [4.78, 5) is 139. The number of anilines is 4. The first-order valence-electron chi connectivity index (χ1n) is 47.5. The molecule has 14 aromatic carbocycles. The number of rotatable bonds is 35. The van der Waals surface area contributed by atoms with Crippen LogP contribution in [0.15, 0.2) is 366 Å². The molecule has 0 saturated carbocycles. The summed E-state index contributed by atoms with van der Waals surface area (Å²) in [5.41, 5.74) is 24.1. The standard InChI is InChI=1S/C41H37N5O5.C41H36N4O5.C36H30N6O5/c1-27-4-10-30(11-5-27)31-14-16-33(17-15-31)40-43-39(44-51-40)32-12-6-29(7-13-32)25-46(26-38(48)49)41(50)34-18-20-35(21-19-34)42-37(47)24-28-8-22-36(23-9-28)45(2)3;1-3-28-5-4-6-30(23-28)24-37(46)42-36-21-19-35(20-22-36)41(49)45(26-38(47)48)25-29-9-13-33(14-10-29)39-43-40(50-44-39)34-17-15-32(16-18-34)31-11-7-27(2)8-12-31;1-23-2-6-25(7-3-23)26-10-12-28(13-11-26)35-40-34(41-47-35)27-8-4-24(5-9-27)20-42(21-33(44)45)36(46)29-14-16-30(17-15-29)39-32(43)18-31-19-37-22-38-31/h4-23H,24-26H2,1-3H3,(H,42,47)(H,48,49);4-23H,3,24-26H2,1-2H3,(H,42,46)(H,47,48);2-17,19,22H,18,20-21H2,1H3,(H,37,38)(H,39,43)(H,44,45). The van der Waals surface area contributed by atoms with E-state index in [1.807, 2.05) is 165 Å². The molecule has 18 rings (SSSR count). The molecule has 0 bridgehead atoms. The zero-order valence-corrected chi connectivity index (χ0v) is 81.7. The van der Waals surface area contributed by atoms with Crippen molar-refractivity contribution in [2.24, 2.45) is 0 Å². The van der Waals surface area contributed by atoms with Crippen molar-refractivity contribution in [2.75, 3.05) is 54.6 Å². The minimum atomic E-state index is -1.14. The van der Waals surface area contributed by atoms with Gasteiger partial charge in [0.2, 0.25) is 35.2 Å². The summed E-state index contributed by atoms with van der Waals surface area (Å²) in [6.45, 7) is 7.01. The Kier molecular flexibility index (Phi) is 33.0. The summed E-state index contributed by atoms with van der Waals surface area (Å²) < 4.78 is 16.6. The quantitative estimate of drug-likeness (QED) is 0.0194. The fourth-order valence-electron chi connectivity index (χ4n) is 16.1. The predicted octanol–water partition coefficient (Wildman–Crippen LogP) is 21.2. The Morgan fingerprint density at radius 1 is 0.311 bits per heavy atom. The van der Waals surface area contributed by atoms with E-state index < -0.39 is 55.3 Å². The third-order valence-corrected chi connectivity index (χ3v) is 24.2. The lowest BCUT2D eigenvalue weighted by molar-refractivity contribution is -0.138. The smallest absolute Gasteiger partial charge is 0.323 e. The van der Waals surface area contributed by atoms with Crippen LogP contribution >= 0.6 is 0 Å². The van der Waals surface area contributed by atoms with E-state index in [0.717, 1.165) is 95.6 Å². The van der Waals surface area contributed by atoms with Gasteiger partial charge in [0.15, 0.2) is 0 Å². The van der Waals surface area contributed by atoms with E-state index in [4.69, 9.17) is 13.6 Å². The van der Waals surface area contributed by atoms with E-state index in [2.05, 4.69) is 157 Å². The molecule has 0 aliphatic carbocycles. The fraction of sp³-hybridized carbons (Fsp3) is 0.136. The van der Waals surface area contributed by atoms with E-state index in [9.17, 15) is 58.5 Å². The van der Waals surface area contributed by atoms with Gasteiger partial charge >= 0.3 is 17.9 Å². The fourth-order valence-corrected chi connectivity index (χ4v) is 16.1. The molecule has 0 spiro atoms. The Morgan fingerprint density at radius 2 is 0.588 bits per heavy atom. The molecule has 148 heavy (non-hydrogen) atoms. The van der Waals surface area contributed by atoms with E-state index in [1.54, 1.807) is 128 Å².